The van der Waals surface area contributed by atoms with Gasteiger partial charge in [0.2, 0.25) is 0 Å². The van der Waals surface area contributed by atoms with E-state index in [0.717, 1.165) is 36.8 Å². The zero-order valence-electron chi connectivity index (χ0n) is 12.8. The molecule has 1 fully saturated rings. The van der Waals surface area contributed by atoms with Gasteiger partial charge in [0.05, 0.1) is 6.42 Å². The Bertz CT molecular complexity index is 519. The first-order valence-electron chi connectivity index (χ1n) is 7.55. The molecule has 4 nitrogen and oxygen atoms in total. The van der Waals surface area contributed by atoms with Gasteiger partial charge in [-0.3, -0.25) is 9.59 Å². The standard InChI is InChI=1S/C17H23NO3/c1-12-7-8-14(9-13(12)2)10-17(20)21-11-16(19)18-15-5-3-4-6-15/h7-9,15H,3-6,10-11H2,1-2H3,(H,18,19). The van der Waals surface area contributed by atoms with Gasteiger partial charge in [-0.1, -0.05) is 31.0 Å². The molecule has 0 aliphatic heterocycles. The summed E-state index contributed by atoms with van der Waals surface area (Å²) in [6, 6.07) is 6.15. The summed E-state index contributed by atoms with van der Waals surface area (Å²) in [5.74, 6) is -0.560. The van der Waals surface area contributed by atoms with Crippen LogP contribution < -0.4 is 5.32 Å². The van der Waals surface area contributed by atoms with Crippen LogP contribution in [0, 0.1) is 13.8 Å². The second-order valence-electron chi connectivity index (χ2n) is 5.80. The molecule has 1 aliphatic carbocycles. The van der Waals surface area contributed by atoms with Crippen molar-refractivity contribution in [3.63, 3.8) is 0 Å². The topological polar surface area (TPSA) is 55.4 Å². The van der Waals surface area contributed by atoms with Gasteiger partial charge in [-0.2, -0.15) is 0 Å². The van der Waals surface area contributed by atoms with Crippen molar-refractivity contribution in [3.05, 3.63) is 34.9 Å². The average Bonchev–Trinajstić information content (AvgIpc) is 2.93. The Morgan fingerprint density at radius 1 is 1.19 bits per heavy atom. The zero-order chi connectivity index (χ0) is 15.2. The van der Waals surface area contributed by atoms with Gasteiger partial charge in [-0.15, -0.1) is 0 Å². The van der Waals surface area contributed by atoms with Crippen LogP contribution in [0.5, 0.6) is 0 Å². The lowest BCUT2D eigenvalue weighted by molar-refractivity contribution is -0.148. The Kier molecular flexibility index (Phi) is 5.37. The predicted molar refractivity (Wildman–Crippen MR) is 81.0 cm³/mol. The number of amides is 1. The number of carbonyl (C=O) groups excluding carboxylic acids is 2. The van der Waals surface area contributed by atoms with E-state index in [4.69, 9.17) is 4.74 Å². The molecule has 4 heteroatoms. The molecule has 1 aromatic rings. The van der Waals surface area contributed by atoms with E-state index in [1.165, 1.54) is 5.56 Å². The van der Waals surface area contributed by atoms with E-state index in [9.17, 15) is 9.59 Å². The van der Waals surface area contributed by atoms with Crippen LogP contribution >= 0.6 is 0 Å². The summed E-state index contributed by atoms with van der Waals surface area (Å²) >= 11 is 0. The van der Waals surface area contributed by atoms with Crippen molar-refractivity contribution in [3.8, 4) is 0 Å². The lowest BCUT2D eigenvalue weighted by Crippen LogP contribution is -2.36. The van der Waals surface area contributed by atoms with Crippen LogP contribution in [-0.2, 0) is 20.7 Å². The molecule has 2 rings (SSSR count). The summed E-state index contributed by atoms with van der Waals surface area (Å²) in [5, 5.41) is 2.90. The predicted octanol–water partition coefficient (Wildman–Crippen LogP) is 2.45. The summed E-state index contributed by atoms with van der Waals surface area (Å²) in [7, 11) is 0. The third kappa shape index (κ3) is 4.88. The first kappa shape index (κ1) is 15.5. The monoisotopic (exact) mass is 289 g/mol. The minimum Gasteiger partial charge on any atom is -0.455 e. The molecule has 0 bridgehead atoms. The quantitative estimate of drug-likeness (QED) is 0.847. The highest BCUT2D eigenvalue weighted by Gasteiger charge is 2.17. The highest BCUT2D eigenvalue weighted by Crippen LogP contribution is 2.17. The van der Waals surface area contributed by atoms with Gasteiger partial charge in [-0.25, -0.2) is 0 Å². The van der Waals surface area contributed by atoms with Crippen molar-refractivity contribution in [1.29, 1.82) is 0 Å². The molecule has 1 aromatic carbocycles. The molecule has 1 N–H and O–H groups in total. The van der Waals surface area contributed by atoms with E-state index in [1.54, 1.807) is 0 Å². The Hall–Kier alpha value is -1.84. The van der Waals surface area contributed by atoms with Crippen LogP contribution in [0.3, 0.4) is 0 Å². The van der Waals surface area contributed by atoms with Crippen molar-refractivity contribution in [2.75, 3.05) is 6.61 Å². The minimum atomic E-state index is -0.361. The van der Waals surface area contributed by atoms with Gasteiger partial charge in [0.1, 0.15) is 0 Å². The van der Waals surface area contributed by atoms with Crippen molar-refractivity contribution < 1.29 is 14.3 Å². The minimum absolute atomic E-state index is 0.180. The van der Waals surface area contributed by atoms with Crippen LogP contribution in [0.2, 0.25) is 0 Å². The number of esters is 1. The fourth-order valence-corrected chi connectivity index (χ4v) is 2.62. The molecule has 0 heterocycles. The van der Waals surface area contributed by atoms with Crippen molar-refractivity contribution in [1.82, 2.24) is 5.32 Å². The molecular weight excluding hydrogens is 266 g/mol. The summed E-state index contributed by atoms with van der Waals surface area (Å²) < 4.78 is 5.04. The highest BCUT2D eigenvalue weighted by atomic mass is 16.5. The van der Waals surface area contributed by atoms with Gasteiger partial charge >= 0.3 is 5.97 Å². The fourth-order valence-electron chi connectivity index (χ4n) is 2.62. The lowest BCUT2D eigenvalue weighted by atomic mass is 10.0. The average molecular weight is 289 g/mol. The maximum atomic E-state index is 11.7. The highest BCUT2D eigenvalue weighted by molar-refractivity contribution is 5.81. The van der Waals surface area contributed by atoms with E-state index in [-0.39, 0.29) is 30.9 Å². The second kappa shape index (κ2) is 7.25. The summed E-state index contributed by atoms with van der Waals surface area (Å²) in [6.45, 7) is 3.87. The molecule has 1 aliphatic rings. The third-order valence-corrected chi connectivity index (χ3v) is 4.00. The van der Waals surface area contributed by atoms with Crippen LogP contribution in [0.4, 0.5) is 0 Å². The van der Waals surface area contributed by atoms with Crippen LogP contribution in [0.1, 0.15) is 42.4 Å². The van der Waals surface area contributed by atoms with Gasteiger partial charge < -0.3 is 10.1 Å². The second-order valence-corrected chi connectivity index (χ2v) is 5.80. The van der Waals surface area contributed by atoms with Crippen LogP contribution in [0.25, 0.3) is 0 Å². The first-order chi connectivity index (χ1) is 10.0. The van der Waals surface area contributed by atoms with Crippen LogP contribution in [0.15, 0.2) is 18.2 Å². The maximum absolute atomic E-state index is 11.7. The zero-order valence-corrected chi connectivity index (χ0v) is 12.8. The molecule has 0 spiro atoms. The number of aryl methyl sites for hydroxylation is 2. The summed E-state index contributed by atoms with van der Waals surface area (Å²) in [4.78, 5) is 23.4. The number of carbonyl (C=O) groups is 2. The van der Waals surface area contributed by atoms with Crippen molar-refractivity contribution >= 4 is 11.9 Å². The Morgan fingerprint density at radius 2 is 1.90 bits per heavy atom. The summed E-state index contributed by atoms with van der Waals surface area (Å²) in [5.41, 5.74) is 3.27. The SMILES string of the molecule is Cc1ccc(CC(=O)OCC(=O)NC2CCCC2)cc1C. The van der Waals surface area contributed by atoms with Gasteiger partial charge in [0, 0.05) is 6.04 Å². The van der Waals surface area contributed by atoms with Crippen molar-refractivity contribution in [2.45, 2.75) is 52.0 Å². The maximum Gasteiger partial charge on any atom is 0.310 e. The first-order valence-corrected chi connectivity index (χ1v) is 7.55. The van der Waals surface area contributed by atoms with E-state index < -0.39 is 0 Å². The number of hydrogen-bond acceptors (Lipinski definition) is 3. The number of nitrogens with one attached hydrogen (secondary N) is 1. The molecule has 21 heavy (non-hydrogen) atoms. The molecule has 0 saturated heterocycles. The molecule has 0 aromatic heterocycles. The number of ether oxygens (including phenoxy) is 1. The Labute approximate surface area is 125 Å². The normalized spacial score (nSPS) is 15.0. The van der Waals surface area contributed by atoms with E-state index in [0.29, 0.717) is 0 Å². The molecule has 1 saturated carbocycles. The molecule has 0 atom stereocenters. The number of benzene rings is 1. The Balaban J connectivity index is 1.73. The van der Waals surface area contributed by atoms with Gasteiger partial charge in [0.25, 0.3) is 5.91 Å². The molecule has 1 amide bonds. The number of hydrogen-bond donors (Lipinski definition) is 1. The third-order valence-electron chi connectivity index (χ3n) is 4.00. The molecule has 0 radical (unpaired) electrons. The van der Waals surface area contributed by atoms with Gasteiger partial charge in [0.15, 0.2) is 6.61 Å². The van der Waals surface area contributed by atoms with Crippen molar-refractivity contribution in [2.24, 2.45) is 0 Å². The molecular formula is C17H23NO3. The number of rotatable bonds is 5. The van der Waals surface area contributed by atoms with Crippen LogP contribution in [-0.4, -0.2) is 24.5 Å². The molecule has 114 valence electrons. The Morgan fingerprint density at radius 3 is 2.57 bits per heavy atom. The lowest BCUT2D eigenvalue weighted by Gasteiger charge is -2.12. The molecule has 0 unspecified atom stereocenters. The van der Waals surface area contributed by atoms with E-state index >= 15 is 0 Å². The largest absolute Gasteiger partial charge is 0.455 e. The van der Waals surface area contributed by atoms with Gasteiger partial charge in [-0.05, 0) is 43.4 Å². The van der Waals surface area contributed by atoms with E-state index in [1.807, 2.05) is 32.0 Å². The summed E-state index contributed by atoms with van der Waals surface area (Å²) in [6.07, 6.45) is 4.59. The van der Waals surface area contributed by atoms with E-state index in [2.05, 4.69) is 5.32 Å². The fraction of sp³-hybridized carbons (Fsp3) is 0.529. The smallest absolute Gasteiger partial charge is 0.310 e.